The minimum atomic E-state index is -0.691. The molecule has 0 saturated carbocycles. The van der Waals surface area contributed by atoms with Crippen LogP contribution in [0, 0.1) is 0 Å². The monoisotopic (exact) mass is 304 g/mol. The van der Waals surface area contributed by atoms with Crippen LogP contribution in [0.15, 0.2) is 53.7 Å². The molecule has 0 fully saturated rings. The van der Waals surface area contributed by atoms with Gasteiger partial charge in [-0.1, -0.05) is 35.0 Å². The lowest BCUT2D eigenvalue weighted by Gasteiger charge is -2.04. The quantitative estimate of drug-likeness (QED) is 0.529. The largest absolute Gasteiger partial charge is 0.497 e. The third-order valence-corrected chi connectivity index (χ3v) is 2.91. The van der Waals surface area contributed by atoms with Crippen LogP contribution in [0.1, 0.15) is 5.56 Å². The lowest BCUT2D eigenvalue weighted by molar-refractivity contribution is 0.167. The van der Waals surface area contributed by atoms with Gasteiger partial charge in [-0.2, -0.15) is 0 Å². The van der Waals surface area contributed by atoms with E-state index in [0.717, 1.165) is 0 Å². The molecule has 0 atom stereocenters. The maximum absolute atomic E-state index is 11.5. The highest BCUT2D eigenvalue weighted by Gasteiger charge is 2.03. The molecule has 21 heavy (non-hydrogen) atoms. The van der Waals surface area contributed by atoms with Crippen molar-refractivity contribution in [2.45, 2.75) is 0 Å². The number of carbonyl (C=O) groups is 1. The summed E-state index contributed by atoms with van der Waals surface area (Å²) in [5.74, 6) is 0.700. The molecule has 0 aliphatic rings. The molecule has 0 aliphatic heterocycles. The fourth-order valence-electron chi connectivity index (χ4n) is 1.53. The summed E-state index contributed by atoms with van der Waals surface area (Å²) in [5.41, 5.74) is 1.24. The first kappa shape index (κ1) is 14.9. The standard InChI is InChI=1S/C15H13ClN2O3/c1-20-13-8-6-12(7-9-13)18-15(19)21-17-10-11-4-2-3-5-14(11)16/h2-10H,1H3,(H,18,19)/b17-10+. The van der Waals surface area contributed by atoms with Crippen molar-refractivity contribution in [3.8, 4) is 5.75 Å². The van der Waals surface area contributed by atoms with Crippen molar-refractivity contribution < 1.29 is 14.4 Å². The molecule has 0 radical (unpaired) electrons. The van der Waals surface area contributed by atoms with E-state index >= 15 is 0 Å². The molecule has 2 rings (SSSR count). The lowest BCUT2D eigenvalue weighted by Crippen LogP contribution is -2.10. The Balaban J connectivity index is 1.88. The second-order valence-corrected chi connectivity index (χ2v) is 4.40. The molecule has 2 aromatic carbocycles. The van der Waals surface area contributed by atoms with E-state index in [1.165, 1.54) is 6.21 Å². The van der Waals surface area contributed by atoms with Crippen LogP contribution in [0.5, 0.6) is 5.75 Å². The van der Waals surface area contributed by atoms with Gasteiger partial charge in [-0.25, -0.2) is 4.79 Å². The van der Waals surface area contributed by atoms with E-state index in [4.69, 9.17) is 21.2 Å². The molecule has 6 heteroatoms. The fraction of sp³-hybridized carbons (Fsp3) is 0.0667. The SMILES string of the molecule is COc1ccc(NC(=O)O/N=C/c2ccccc2Cl)cc1. The Morgan fingerprint density at radius 3 is 2.57 bits per heavy atom. The summed E-state index contributed by atoms with van der Waals surface area (Å²) in [5, 5.41) is 6.64. The summed E-state index contributed by atoms with van der Waals surface area (Å²) in [6.07, 6.45) is 0.680. The van der Waals surface area contributed by atoms with E-state index in [0.29, 0.717) is 22.0 Å². The summed E-state index contributed by atoms with van der Waals surface area (Å²) in [6, 6.07) is 13.9. The number of rotatable bonds is 4. The summed E-state index contributed by atoms with van der Waals surface area (Å²) in [4.78, 5) is 16.2. The van der Waals surface area contributed by atoms with Crippen LogP contribution in [0.25, 0.3) is 0 Å². The molecule has 1 N–H and O–H groups in total. The van der Waals surface area contributed by atoms with Gasteiger partial charge in [0.2, 0.25) is 0 Å². The first-order valence-corrected chi connectivity index (χ1v) is 6.47. The number of nitrogens with one attached hydrogen (secondary N) is 1. The van der Waals surface area contributed by atoms with Gasteiger partial charge in [-0.3, -0.25) is 10.2 Å². The molecule has 108 valence electrons. The smallest absolute Gasteiger partial charge is 0.437 e. The van der Waals surface area contributed by atoms with Crippen LogP contribution in [-0.2, 0) is 4.84 Å². The molecule has 5 nitrogen and oxygen atoms in total. The van der Waals surface area contributed by atoms with Crippen molar-refractivity contribution in [3.05, 3.63) is 59.1 Å². The third-order valence-electron chi connectivity index (χ3n) is 2.57. The predicted molar refractivity (Wildman–Crippen MR) is 82.1 cm³/mol. The molecular formula is C15H13ClN2O3. The Morgan fingerprint density at radius 2 is 1.90 bits per heavy atom. The fourth-order valence-corrected chi connectivity index (χ4v) is 1.71. The van der Waals surface area contributed by atoms with Gasteiger partial charge in [0.25, 0.3) is 0 Å². The molecule has 0 aromatic heterocycles. The molecule has 0 bridgehead atoms. The van der Waals surface area contributed by atoms with Gasteiger partial charge < -0.3 is 4.74 Å². The van der Waals surface area contributed by atoms with Crippen molar-refractivity contribution in [2.24, 2.45) is 5.16 Å². The maximum Gasteiger partial charge on any atom is 0.437 e. The van der Waals surface area contributed by atoms with E-state index in [1.807, 2.05) is 6.07 Å². The van der Waals surface area contributed by atoms with E-state index < -0.39 is 6.09 Å². The second-order valence-electron chi connectivity index (χ2n) is 3.99. The normalized spacial score (nSPS) is 10.4. The molecule has 0 heterocycles. The zero-order chi connectivity index (χ0) is 15.1. The van der Waals surface area contributed by atoms with E-state index in [1.54, 1.807) is 49.6 Å². The first-order chi connectivity index (χ1) is 10.2. The van der Waals surface area contributed by atoms with Crippen LogP contribution in [0.3, 0.4) is 0 Å². The molecule has 0 aliphatic carbocycles. The molecular weight excluding hydrogens is 292 g/mol. The lowest BCUT2D eigenvalue weighted by atomic mass is 10.2. The Bertz CT molecular complexity index is 642. The number of carbonyl (C=O) groups excluding carboxylic acids is 1. The zero-order valence-corrected chi connectivity index (χ0v) is 12.0. The number of ether oxygens (including phenoxy) is 1. The van der Waals surface area contributed by atoms with E-state index in [-0.39, 0.29) is 0 Å². The number of halogens is 1. The number of methoxy groups -OCH3 is 1. The van der Waals surface area contributed by atoms with Gasteiger partial charge in [-0.05, 0) is 30.3 Å². The van der Waals surface area contributed by atoms with Crippen LogP contribution in [0.4, 0.5) is 10.5 Å². The molecule has 0 saturated heterocycles. The highest BCUT2D eigenvalue weighted by atomic mass is 35.5. The summed E-state index contributed by atoms with van der Waals surface area (Å²) in [7, 11) is 1.57. The number of hydrogen-bond donors (Lipinski definition) is 1. The average molecular weight is 305 g/mol. The molecule has 0 unspecified atom stereocenters. The number of oxime groups is 1. The summed E-state index contributed by atoms with van der Waals surface area (Å²) < 4.78 is 5.02. The van der Waals surface area contributed by atoms with Crippen molar-refractivity contribution >= 4 is 29.6 Å². The van der Waals surface area contributed by atoms with Crippen molar-refractivity contribution in [3.63, 3.8) is 0 Å². The van der Waals surface area contributed by atoms with Crippen molar-refractivity contribution in [1.29, 1.82) is 0 Å². The van der Waals surface area contributed by atoms with Crippen LogP contribution in [0.2, 0.25) is 5.02 Å². The second kappa shape index (κ2) is 7.31. The van der Waals surface area contributed by atoms with Gasteiger partial charge in [0, 0.05) is 16.3 Å². The van der Waals surface area contributed by atoms with Crippen molar-refractivity contribution in [2.75, 3.05) is 12.4 Å². The summed E-state index contributed by atoms with van der Waals surface area (Å²) >= 11 is 5.94. The van der Waals surface area contributed by atoms with Gasteiger partial charge in [0.05, 0.1) is 13.3 Å². The summed E-state index contributed by atoms with van der Waals surface area (Å²) in [6.45, 7) is 0. The number of amides is 1. The Kier molecular flexibility index (Phi) is 5.17. The van der Waals surface area contributed by atoms with Crippen molar-refractivity contribution in [1.82, 2.24) is 0 Å². The van der Waals surface area contributed by atoms with Crippen LogP contribution < -0.4 is 10.1 Å². The Labute approximate surface area is 127 Å². The number of anilines is 1. The average Bonchev–Trinajstić information content (AvgIpc) is 2.50. The van der Waals surface area contributed by atoms with Crippen LogP contribution >= 0.6 is 11.6 Å². The number of nitrogens with zero attached hydrogens (tertiary/aromatic N) is 1. The highest BCUT2D eigenvalue weighted by molar-refractivity contribution is 6.33. The number of benzene rings is 2. The molecule has 2 aromatic rings. The van der Waals surface area contributed by atoms with Gasteiger partial charge in [0.15, 0.2) is 0 Å². The topological polar surface area (TPSA) is 59.9 Å². The highest BCUT2D eigenvalue weighted by Crippen LogP contribution is 2.15. The molecule has 0 spiro atoms. The van der Waals surface area contributed by atoms with Gasteiger partial charge >= 0.3 is 6.09 Å². The minimum Gasteiger partial charge on any atom is -0.497 e. The molecule has 1 amide bonds. The van der Waals surface area contributed by atoms with Gasteiger partial charge in [0.1, 0.15) is 5.75 Å². The number of hydrogen-bond acceptors (Lipinski definition) is 4. The predicted octanol–water partition coefficient (Wildman–Crippen LogP) is 3.93. The Hall–Kier alpha value is -2.53. The Morgan fingerprint density at radius 1 is 1.19 bits per heavy atom. The minimum absolute atomic E-state index is 0.528. The maximum atomic E-state index is 11.5. The van der Waals surface area contributed by atoms with E-state index in [2.05, 4.69) is 10.5 Å². The third kappa shape index (κ3) is 4.50. The van der Waals surface area contributed by atoms with Gasteiger partial charge in [-0.15, -0.1) is 0 Å². The zero-order valence-electron chi connectivity index (χ0n) is 11.2. The van der Waals surface area contributed by atoms with Crippen LogP contribution in [-0.4, -0.2) is 19.4 Å². The van der Waals surface area contributed by atoms with E-state index in [9.17, 15) is 4.79 Å². The first-order valence-electron chi connectivity index (χ1n) is 6.09.